The zero-order valence-corrected chi connectivity index (χ0v) is 12.6. The van der Waals surface area contributed by atoms with E-state index in [0.29, 0.717) is 24.1 Å². The molecule has 0 spiro atoms. The minimum absolute atomic E-state index is 0.0323. The van der Waals surface area contributed by atoms with Crippen molar-refractivity contribution in [3.63, 3.8) is 0 Å². The summed E-state index contributed by atoms with van der Waals surface area (Å²) >= 11 is 0. The van der Waals surface area contributed by atoms with Crippen molar-refractivity contribution in [1.29, 1.82) is 0 Å². The summed E-state index contributed by atoms with van der Waals surface area (Å²) in [6.45, 7) is 4.42. The highest BCUT2D eigenvalue weighted by Gasteiger charge is 2.47. The van der Waals surface area contributed by atoms with Gasteiger partial charge in [-0.05, 0) is 44.0 Å². The lowest BCUT2D eigenvalue weighted by atomic mass is 9.95. The molecule has 1 aromatic carbocycles. The third-order valence-electron chi connectivity index (χ3n) is 4.54. The maximum Gasteiger partial charge on any atom is 0.247 e. The normalized spacial score (nSPS) is 30.4. The molecule has 0 amide bonds. The van der Waals surface area contributed by atoms with Crippen LogP contribution in [0.2, 0.25) is 0 Å². The van der Waals surface area contributed by atoms with E-state index in [4.69, 9.17) is 4.74 Å². The topological polar surface area (TPSA) is 58.6 Å². The first-order valence-electron chi connectivity index (χ1n) is 6.91. The molecule has 2 heterocycles. The van der Waals surface area contributed by atoms with Crippen LogP contribution in [0.4, 0.5) is 0 Å². The molecule has 5 nitrogen and oxygen atoms in total. The monoisotopic (exact) mass is 296 g/mol. The predicted molar refractivity (Wildman–Crippen MR) is 76.2 cm³/mol. The summed E-state index contributed by atoms with van der Waals surface area (Å²) in [4.78, 5) is 0.266. The molecular formula is C14H20N2O3S. The lowest BCUT2D eigenvalue weighted by Crippen LogP contribution is -2.38. The van der Waals surface area contributed by atoms with Gasteiger partial charge in [0.25, 0.3) is 0 Å². The van der Waals surface area contributed by atoms with Crippen molar-refractivity contribution in [2.75, 3.05) is 26.7 Å². The Bertz CT molecular complexity index is 602. The van der Waals surface area contributed by atoms with Crippen LogP contribution >= 0.6 is 0 Å². The van der Waals surface area contributed by atoms with Crippen LogP contribution < -0.4 is 10.1 Å². The fraction of sp³-hybridized carbons (Fsp3) is 0.571. The highest BCUT2D eigenvalue weighted by atomic mass is 32.2. The number of hydrogen-bond donors (Lipinski definition) is 1. The van der Waals surface area contributed by atoms with Crippen molar-refractivity contribution in [2.45, 2.75) is 17.9 Å². The van der Waals surface area contributed by atoms with Gasteiger partial charge in [-0.25, -0.2) is 8.42 Å². The smallest absolute Gasteiger partial charge is 0.247 e. The summed E-state index contributed by atoms with van der Waals surface area (Å²) in [5, 5.41) is 3.34. The van der Waals surface area contributed by atoms with Gasteiger partial charge >= 0.3 is 0 Å². The van der Waals surface area contributed by atoms with E-state index in [2.05, 4.69) is 5.32 Å². The zero-order chi connectivity index (χ0) is 14.3. The van der Waals surface area contributed by atoms with Gasteiger partial charge in [-0.3, -0.25) is 0 Å². The van der Waals surface area contributed by atoms with Crippen LogP contribution in [0.1, 0.15) is 6.92 Å². The summed E-state index contributed by atoms with van der Waals surface area (Å²) in [5.74, 6) is 1.25. The molecule has 0 aliphatic carbocycles. The third-order valence-corrected chi connectivity index (χ3v) is 6.53. The average Bonchev–Trinajstić information content (AvgIpc) is 3.02. The Labute approximate surface area is 120 Å². The molecule has 1 aromatic rings. The highest BCUT2D eigenvalue weighted by Crippen LogP contribution is 2.37. The number of fused-ring (bicyclic) bond motifs is 1. The van der Waals surface area contributed by atoms with Gasteiger partial charge in [0.1, 0.15) is 10.6 Å². The van der Waals surface area contributed by atoms with Crippen LogP contribution in [0, 0.1) is 11.8 Å². The van der Waals surface area contributed by atoms with Crippen LogP contribution in [-0.2, 0) is 10.0 Å². The molecule has 2 saturated heterocycles. The van der Waals surface area contributed by atoms with E-state index in [1.54, 1.807) is 28.6 Å². The fourth-order valence-electron chi connectivity index (χ4n) is 3.40. The van der Waals surface area contributed by atoms with Gasteiger partial charge in [-0.15, -0.1) is 0 Å². The Kier molecular flexibility index (Phi) is 3.48. The number of sulfonamides is 1. The SMILES string of the molecule is COc1ccccc1S(=O)(=O)N1CC2CNCC2C1C. The first-order chi connectivity index (χ1) is 9.55. The van der Waals surface area contributed by atoms with E-state index >= 15 is 0 Å². The number of benzene rings is 1. The number of para-hydroxylation sites is 1. The van der Waals surface area contributed by atoms with Crippen molar-refractivity contribution >= 4 is 10.0 Å². The Hall–Kier alpha value is -1.11. The lowest BCUT2D eigenvalue weighted by Gasteiger charge is -2.24. The van der Waals surface area contributed by atoms with E-state index < -0.39 is 10.0 Å². The first-order valence-corrected chi connectivity index (χ1v) is 8.35. The summed E-state index contributed by atoms with van der Waals surface area (Å²) < 4.78 is 32.6. The third kappa shape index (κ3) is 2.03. The Balaban J connectivity index is 1.97. The summed E-state index contributed by atoms with van der Waals surface area (Å²) in [6.07, 6.45) is 0. The van der Waals surface area contributed by atoms with Gasteiger partial charge in [0.2, 0.25) is 10.0 Å². The number of ether oxygens (including phenoxy) is 1. The van der Waals surface area contributed by atoms with E-state index in [1.165, 1.54) is 7.11 Å². The quantitative estimate of drug-likeness (QED) is 0.901. The van der Waals surface area contributed by atoms with Crippen molar-refractivity contribution < 1.29 is 13.2 Å². The van der Waals surface area contributed by atoms with E-state index in [1.807, 2.05) is 6.92 Å². The van der Waals surface area contributed by atoms with Gasteiger partial charge in [0.05, 0.1) is 7.11 Å². The maximum atomic E-state index is 12.9. The second-order valence-electron chi connectivity index (χ2n) is 5.55. The van der Waals surface area contributed by atoms with Gasteiger partial charge in [-0.1, -0.05) is 12.1 Å². The van der Waals surface area contributed by atoms with Crippen molar-refractivity contribution in [1.82, 2.24) is 9.62 Å². The number of methoxy groups -OCH3 is 1. The number of nitrogens with one attached hydrogen (secondary N) is 1. The Morgan fingerprint density at radius 3 is 2.75 bits per heavy atom. The van der Waals surface area contributed by atoms with Gasteiger partial charge in [0.15, 0.2) is 0 Å². The fourth-order valence-corrected chi connectivity index (χ4v) is 5.29. The Morgan fingerprint density at radius 1 is 1.30 bits per heavy atom. The molecule has 3 rings (SSSR count). The second kappa shape index (κ2) is 5.02. The summed E-state index contributed by atoms with van der Waals surface area (Å²) in [5.41, 5.74) is 0. The molecule has 0 aromatic heterocycles. The van der Waals surface area contributed by atoms with Crippen LogP contribution in [0.5, 0.6) is 5.75 Å². The van der Waals surface area contributed by atoms with Gasteiger partial charge < -0.3 is 10.1 Å². The molecule has 6 heteroatoms. The molecule has 0 saturated carbocycles. The number of rotatable bonds is 3. The lowest BCUT2D eigenvalue weighted by molar-refractivity contribution is 0.355. The zero-order valence-electron chi connectivity index (χ0n) is 11.7. The first kappa shape index (κ1) is 13.9. The number of nitrogens with zero attached hydrogens (tertiary/aromatic N) is 1. The van der Waals surface area contributed by atoms with Crippen molar-refractivity contribution in [2.24, 2.45) is 11.8 Å². The molecule has 0 bridgehead atoms. The molecule has 2 fully saturated rings. The standard InChI is InChI=1S/C14H20N2O3S/c1-10-12-8-15-7-11(12)9-16(10)20(17,18)14-6-4-3-5-13(14)19-2/h3-6,10-12,15H,7-9H2,1-2H3. The van der Waals surface area contributed by atoms with E-state index in [-0.39, 0.29) is 10.9 Å². The molecule has 2 aliphatic rings. The molecular weight excluding hydrogens is 276 g/mol. The maximum absolute atomic E-state index is 12.9. The molecule has 1 N–H and O–H groups in total. The van der Waals surface area contributed by atoms with Crippen LogP contribution in [0.25, 0.3) is 0 Å². The van der Waals surface area contributed by atoms with Crippen LogP contribution in [0.15, 0.2) is 29.2 Å². The van der Waals surface area contributed by atoms with Gasteiger partial charge in [0, 0.05) is 12.6 Å². The molecule has 3 atom stereocenters. The minimum Gasteiger partial charge on any atom is -0.495 e. The minimum atomic E-state index is -3.49. The molecule has 2 aliphatic heterocycles. The number of hydrogen-bond acceptors (Lipinski definition) is 4. The van der Waals surface area contributed by atoms with Crippen molar-refractivity contribution in [3.8, 4) is 5.75 Å². The molecule has 3 unspecified atom stereocenters. The van der Waals surface area contributed by atoms with Crippen molar-refractivity contribution in [3.05, 3.63) is 24.3 Å². The van der Waals surface area contributed by atoms with Crippen LogP contribution in [-0.4, -0.2) is 45.5 Å². The molecule has 20 heavy (non-hydrogen) atoms. The summed E-state index contributed by atoms with van der Waals surface area (Å²) in [7, 11) is -1.99. The Morgan fingerprint density at radius 2 is 2.05 bits per heavy atom. The molecule has 0 radical (unpaired) electrons. The van der Waals surface area contributed by atoms with E-state index in [9.17, 15) is 8.42 Å². The van der Waals surface area contributed by atoms with Gasteiger partial charge in [-0.2, -0.15) is 4.31 Å². The second-order valence-corrected chi connectivity index (χ2v) is 7.41. The molecule has 110 valence electrons. The predicted octanol–water partition coefficient (Wildman–Crippen LogP) is 0.924. The van der Waals surface area contributed by atoms with E-state index in [0.717, 1.165) is 13.1 Å². The highest BCUT2D eigenvalue weighted by molar-refractivity contribution is 7.89. The largest absolute Gasteiger partial charge is 0.495 e. The summed E-state index contributed by atoms with van der Waals surface area (Å²) in [6, 6.07) is 6.86. The average molecular weight is 296 g/mol. The van der Waals surface area contributed by atoms with Crippen LogP contribution in [0.3, 0.4) is 0 Å².